The molecule has 0 aliphatic heterocycles. The fourth-order valence-corrected chi connectivity index (χ4v) is 9.46. The van der Waals surface area contributed by atoms with E-state index in [2.05, 4.69) is 64.7 Å². The molecule has 8 atom stereocenters. The lowest BCUT2D eigenvalue weighted by Gasteiger charge is -2.59. The Bertz CT molecular complexity index is 1040. The summed E-state index contributed by atoms with van der Waals surface area (Å²) in [5.74, 6) is 11.9. The van der Waals surface area contributed by atoms with Crippen molar-refractivity contribution in [2.45, 2.75) is 98.8 Å². The number of benzene rings is 1. The third-order valence-corrected chi connectivity index (χ3v) is 11.4. The van der Waals surface area contributed by atoms with Crippen molar-refractivity contribution >= 4 is 5.78 Å². The molecular weight excluding hydrogens is 436 g/mol. The van der Waals surface area contributed by atoms with Gasteiger partial charge in [-0.15, -0.1) is 0 Å². The quantitative estimate of drug-likeness (QED) is 0.381. The highest BCUT2D eigenvalue weighted by Crippen LogP contribution is 2.67. The summed E-state index contributed by atoms with van der Waals surface area (Å²) in [6.45, 7) is 12.3. The van der Waals surface area contributed by atoms with Crippen molar-refractivity contribution in [2.24, 2.45) is 52.3 Å². The van der Waals surface area contributed by atoms with Gasteiger partial charge in [0.1, 0.15) is 5.78 Å². The van der Waals surface area contributed by atoms with Crippen molar-refractivity contribution in [1.82, 2.24) is 0 Å². The van der Waals surface area contributed by atoms with E-state index in [1.807, 2.05) is 18.2 Å². The lowest BCUT2D eigenvalue weighted by atomic mass is 9.44. The number of carbonyl (C=O) groups excluding carboxylic acids is 1. The van der Waals surface area contributed by atoms with Crippen molar-refractivity contribution in [3.05, 3.63) is 47.5 Å². The van der Waals surface area contributed by atoms with Gasteiger partial charge in [0.05, 0.1) is 0 Å². The molecule has 4 aliphatic rings. The Balaban J connectivity index is 1.32. The molecule has 0 unspecified atom stereocenters. The molecule has 0 spiro atoms. The number of allylic oxidation sites excluding steroid dienone is 2. The van der Waals surface area contributed by atoms with Crippen molar-refractivity contribution in [3.8, 4) is 11.8 Å². The van der Waals surface area contributed by atoms with E-state index >= 15 is 0 Å². The number of hydrogen-bond donors (Lipinski definition) is 0. The first-order valence-corrected chi connectivity index (χ1v) is 15.0. The molecule has 0 bridgehead atoms. The minimum Gasteiger partial charge on any atom is -0.299 e. The first-order chi connectivity index (χ1) is 17.2. The first-order valence-electron chi connectivity index (χ1n) is 15.0. The zero-order valence-electron chi connectivity index (χ0n) is 23.5. The van der Waals surface area contributed by atoms with E-state index in [1.165, 1.54) is 50.5 Å². The van der Waals surface area contributed by atoms with Gasteiger partial charge in [0.15, 0.2) is 0 Å². The van der Waals surface area contributed by atoms with Crippen LogP contribution in [0.5, 0.6) is 0 Å². The summed E-state index contributed by atoms with van der Waals surface area (Å²) in [6, 6.07) is 10.2. The second kappa shape index (κ2) is 10.2. The van der Waals surface area contributed by atoms with Gasteiger partial charge >= 0.3 is 0 Å². The molecule has 1 nitrogen and oxygen atoms in total. The predicted octanol–water partition coefficient (Wildman–Crippen LogP) is 8.87. The Morgan fingerprint density at radius 2 is 1.67 bits per heavy atom. The van der Waals surface area contributed by atoms with Crippen LogP contribution in [-0.2, 0) is 4.79 Å². The van der Waals surface area contributed by atoms with Gasteiger partial charge < -0.3 is 0 Å². The van der Waals surface area contributed by atoms with E-state index in [1.54, 1.807) is 0 Å². The Morgan fingerprint density at radius 1 is 0.917 bits per heavy atom. The van der Waals surface area contributed by atoms with E-state index in [0.717, 1.165) is 48.5 Å². The molecule has 1 heteroatoms. The second-order valence-electron chi connectivity index (χ2n) is 13.9. The highest BCUT2D eigenvalue weighted by molar-refractivity contribution is 5.85. The Kier molecular flexibility index (Phi) is 7.29. The normalized spacial score (nSPS) is 38.3. The van der Waals surface area contributed by atoms with Crippen LogP contribution in [0.4, 0.5) is 0 Å². The lowest BCUT2D eigenvalue weighted by molar-refractivity contribution is -0.146. The van der Waals surface area contributed by atoms with Crippen molar-refractivity contribution in [3.63, 3.8) is 0 Å². The maximum absolute atomic E-state index is 13.7. The van der Waals surface area contributed by atoms with E-state index in [4.69, 9.17) is 0 Å². The summed E-state index contributed by atoms with van der Waals surface area (Å²) >= 11 is 0. The van der Waals surface area contributed by atoms with Gasteiger partial charge in [-0.25, -0.2) is 0 Å². The molecule has 0 saturated heterocycles. The zero-order chi connectivity index (χ0) is 25.5. The largest absolute Gasteiger partial charge is 0.299 e. The molecule has 1 aromatic rings. The van der Waals surface area contributed by atoms with E-state index in [0.29, 0.717) is 23.0 Å². The topological polar surface area (TPSA) is 17.1 Å². The summed E-state index contributed by atoms with van der Waals surface area (Å²) in [7, 11) is 0. The molecule has 36 heavy (non-hydrogen) atoms. The van der Waals surface area contributed by atoms with E-state index in [-0.39, 0.29) is 11.3 Å². The molecule has 3 saturated carbocycles. The van der Waals surface area contributed by atoms with Crippen molar-refractivity contribution < 1.29 is 4.79 Å². The molecule has 194 valence electrons. The van der Waals surface area contributed by atoms with E-state index in [9.17, 15) is 4.79 Å². The lowest BCUT2D eigenvalue weighted by Crippen LogP contribution is -2.55. The maximum atomic E-state index is 13.7. The third-order valence-electron chi connectivity index (χ3n) is 11.4. The highest BCUT2D eigenvalue weighted by Gasteiger charge is 2.61. The average Bonchev–Trinajstić information content (AvgIpc) is 3.21. The summed E-state index contributed by atoms with van der Waals surface area (Å²) < 4.78 is 0. The fraction of sp³-hybridized carbons (Fsp3) is 0.686. The second-order valence-corrected chi connectivity index (χ2v) is 13.9. The van der Waals surface area contributed by atoms with Crippen LogP contribution in [0.1, 0.15) is 104 Å². The molecule has 4 aliphatic carbocycles. The Hall–Kier alpha value is -1.81. The molecule has 0 amide bonds. The molecule has 3 fully saturated rings. The number of rotatable bonds is 5. The van der Waals surface area contributed by atoms with Crippen LogP contribution in [0.2, 0.25) is 0 Å². The number of Topliss-reactive ketones (excluding diaryl/α,β-unsaturated/α-hetero) is 1. The molecule has 0 aromatic heterocycles. The minimum atomic E-state index is 0.0732. The Morgan fingerprint density at radius 3 is 2.42 bits per heavy atom. The van der Waals surface area contributed by atoms with Crippen molar-refractivity contribution in [2.75, 3.05) is 0 Å². The van der Waals surface area contributed by atoms with Gasteiger partial charge in [-0.1, -0.05) is 90.0 Å². The van der Waals surface area contributed by atoms with Crippen LogP contribution in [0.25, 0.3) is 0 Å². The smallest absolute Gasteiger partial charge is 0.140 e. The van der Waals surface area contributed by atoms with Crippen LogP contribution in [0.3, 0.4) is 0 Å². The van der Waals surface area contributed by atoms with Crippen LogP contribution >= 0.6 is 0 Å². The fourth-order valence-electron chi connectivity index (χ4n) is 9.46. The molecule has 0 radical (unpaired) electrons. The predicted molar refractivity (Wildman–Crippen MR) is 150 cm³/mol. The summed E-state index contributed by atoms with van der Waals surface area (Å²) in [4.78, 5) is 13.7. The van der Waals surface area contributed by atoms with Gasteiger partial charge in [0.25, 0.3) is 0 Å². The SMILES string of the molecule is CC(C)CCC[C@@H](C)[C@@H]1CC[C@@H]2[C@H]3CC(=O)[C@H]4C=C(C#Cc5ccccc5)CC[C@]4(C)[C@@H]3CC[C@@]21C. The van der Waals surface area contributed by atoms with Crippen LogP contribution < -0.4 is 0 Å². The van der Waals surface area contributed by atoms with Crippen LogP contribution in [0.15, 0.2) is 42.0 Å². The highest BCUT2D eigenvalue weighted by atomic mass is 16.1. The van der Waals surface area contributed by atoms with E-state index < -0.39 is 0 Å². The van der Waals surface area contributed by atoms with Gasteiger partial charge in [-0.05, 0) is 103 Å². The summed E-state index contributed by atoms with van der Waals surface area (Å²) in [6.07, 6.45) is 14.8. The maximum Gasteiger partial charge on any atom is 0.140 e. The van der Waals surface area contributed by atoms with Crippen molar-refractivity contribution in [1.29, 1.82) is 0 Å². The molecule has 0 heterocycles. The number of hydrogen-bond acceptors (Lipinski definition) is 1. The number of carbonyl (C=O) groups is 1. The first kappa shape index (κ1) is 25.8. The molecule has 0 N–H and O–H groups in total. The standard InChI is InChI=1S/C35H48O/c1-24(2)10-9-11-25(3)29-16-17-30-28-23-33(36)32-22-27(15-14-26-12-7-6-8-13-26)18-20-35(32,5)31(28)19-21-34(29,30)4/h6-8,12-13,22,24-25,28-32H,9-11,16-21,23H2,1-5H3/t25-,28-,29+,30-,31-,32-,34-,35-/m1/s1. The van der Waals surface area contributed by atoms with Gasteiger partial charge in [-0.3, -0.25) is 4.79 Å². The minimum absolute atomic E-state index is 0.0732. The van der Waals surface area contributed by atoms with Gasteiger partial charge in [0, 0.05) is 17.9 Å². The van der Waals surface area contributed by atoms with Gasteiger partial charge in [-0.2, -0.15) is 0 Å². The third kappa shape index (κ3) is 4.64. The molecule has 5 rings (SSSR count). The summed E-state index contributed by atoms with van der Waals surface area (Å²) in [5.41, 5.74) is 2.81. The monoisotopic (exact) mass is 484 g/mol. The average molecular weight is 485 g/mol. The van der Waals surface area contributed by atoms with Crippen LogP contribution in [0, 0.1) is 64.1 Å². The number of ketones is 1. The van der Waals surface area contributed by atoms with Gasteiger partial charge in [0.2, 0.25) is 0 Å². The zero-order valence-corrected chi connectivity index (χ0v) is 23.5. The number of fused-ring (bicyclic) bond motifs is 5. The Labute approximate surface area is 220 Å². The molecule has 1 aromatic carbocycles. The molecular formula is C35H48O. The summed E-state index contributed by atoms with van der Waals surface area (Å²) in [5, 5.41) is 0. The van der Waals surface area contributed by atoms with Crippen LogP contribution in [-0.4, -0.2) is 5.78 Å².